The van der Waals surface area contributed by atoms with Gasteiger partial charge in [-0.05, 0) is 44.1 Å². The van der Waals surface area contributed by atoms with Crippen LogP contribution in [0.5, 0.6) is 5.75 Å². The summed E-state index contributed by atoms with van der Waals surface area (Å²) in [7, 11) is 3.46. The molecule has 1 aliphatic heterocycles. The summed E-state index contributed by atoms with van der Waals surface area (Å²) in [5.41, 5.74) is 1.73. The second-order valence-corrected chi connectivity index (χ2v) is 7.38. The lowest BCUT2D eigenvalue weighted by molar-refractivity contribution is 0.0954. The van der Waals surface area contributed by atoms with Gasteiger partial charge in [0.05, 0.1) is 18.7 Å². The summed E-state index contributed by atoms with van der Waals surface area (Å²) >= 11 is 0. The standard InChI is InChI=1S/C23H32N6O2/c1-24-23(27-13-12-26-22(30)18-8-7-11-25-16-18)28-17-20(29-14-5-6-15-29)19-9-3-4-10-21(19)31-2/h3-4,7-11,16,20H,5-6,12-15,17H2,1-2H3,(H,26,30)(H2,24,27,28). The molecule has 1 saturated heterocycles. The van der Waals surface area contributed by atoms with Crippen LogP contribution >= 0.6 is 0 Å². The van der Waals surface area contributed by atoms with Gasteiger partial charge in [0.15, 0.2) is 5.96 Å². The van der Waals surface area contributed by atoms with Gasteiger partial charge < -0.3 is 20.7 Å². The Hall–Kier alpha value is -3.13. The van der Waals surface area contributed by atoms with Gasteiger partial charge in [-0.3, -0.25) is 19.7 Å². The number of amides is 1. The average Bonchev–Trinajstić information content (AvgIpc) is 3.36. The van der Waals surface area contributed by atoms with Crippen LogP contribution in [-0.4, -0.2) is 68.6 Å². The lowest BCUT2D eigenvalue weighted by atomic mass is 10.0. The third-order valence-corrected chi connectivity index (χ3v) is 5.39. The molecule has 1 atom stereocenters. The number of nitrogens with one attached hydrogen (secondary N) is 3. The number of aromatic nitrogens is 1. The Labute approximate surface area is 184 Å². The minimum Gasteiger partial charge on any atom is -0.496 e. The van der Waals surface area contributed by atoms with Gasteiger partial charge in [0, 0.05) is 44.6 Å². The molecule has 166 valence electrons. The molecule has 0 saturated carbocycles. The van der Waals surface area contributed by atoms with Crippen molar-refractivity contribution in [1.29, 1.82) is 0 Å². The number of para-hydroxylation sites is 1. The molecule has 1 fully saturated rings. The quantitative estimate of drug-likeness (QED) is 0.323. The van der Waals surface area contributed by atoms with E-state index in [4.69, 9.17) is 4.74 Å². The van der Waals surface area contributed by atoms with Crippen LogP contribution < -0.4 is 20.7 Å². The van der Waals surface area contributed by atoms with Crippen molar-refractivity contribution >= 4 is 11.9 Å². The molecule has 3 rings (SSSR count). The largest absolute Gasteiger partial charge is 0.496 e. The molecule has 0 bridgehead atoms. The van der Waals surface area contributed by atoms with Crippen molar-refractivity contribution in [3.05, 3.63) is 59.9 Å². The number of carbonyl (C=O) groups excluding carboxylic acids is 1. The molecule has 0 aliphatic carbocycles. The van der Waals surface area contributed by atoms with Gasteiger partial charge in [0.1, 0.15) is 5.75 Å². The van der Waals surface area contributed by atoms with E-state index in [1.54, 1.807) is 38.7 Å². The summed E-state index contributed by atoms with van der Waals surface area (Å²) in [6.07, 6.45) is 5.64. The molecule has 1 amide bonds. The lowest BCUT2D eigenvalue weighted by Crippen LogP contribution is -2.44. The van der Waals surface area contributed by atoms with Crippen molar-refractivity contribution in [3.8, 4) is 5.75 Å². The first kappa shape index (κ1) is 22.6. The number of pyridine rings is 1. The maximum atomic E-state index is 12.1. The molecule has 1 aromatic carbocycles. The van der Waals surface area contributed by atoms with Crippen LogP contribution in [0.25, 0.3) is 0 Å². The fraction of sp³-hybridized carbons (Fsp3) is 0.435. The van der Waals surface area contributed by atoms with Crippen LogP contribution in [0.2, 0.25) is 0 Å². The SMILES string of the molecule is CN=C(NCCNC(=O)c1cccnc1)NCC(c1ccccc1OC)N1CCCC1. The lowest BCUT2D eigenvalue weighted by Gasteiger charge is -2.30. The first-order chi connectivity index (χ1) is 15.2. The van der Waals surface area contributed by atoms with E-state index in [0.29, 0.717) is 31.2 Å². The summed E-state index contributed by atoms with van der Waals surface area (Å²) in [4.78, 5) is 22.9. The van der Waals surface area contributed by atoms with Crippen molar-refractivity contribution in [2.75, 3.05) is 46.9 Å². The van der Waals surface area contributed by atoms with Crippen molar-refractivity contribution in [2.45, 2.75) is 18.9 Å². The van der Waals surface area contributed by atoms with Gasteiger partial charge in [0.2, 0.25) is 0 Å². The molecule has 0 radical (unpaired) electrons. The van der Waals surface area contributed by atoms with Crippen LogP contribution in [0.1, 0.15) is 34.8 Å². The fourth-order valence-corrected chi connectivity index (χ4v) is 3.80. The Morgan fingerprint density at radius 1 is 1.13 bits per heavy atom. The third-order valence-electron chi connectivity index (χ3n) is 5.39. The number of carbonyl (C=O) groups is 1. The fourth-order valence-electron chi connectivity index (χ4n) is 3.80. The van der Waals surface area contributed by atoms with E-state index < -0.39 is 0 Å². The molecule has 1 aromatic heterocycles. The summed E-state index contributed by atoms with van der Waals surface area (Å²) in [5, 5.41) is 9.58. The van der Waals surface area contributed by atoms with Crippen molar-refractivity contribution < 1.29 is 9.53 Å². The first-order valence-corrected chi connectivity index (χ1v) is 10.7. The van der Waals surface area contributed by atoms with Gasteiger partial charge >= 0.3 is 0 Å². The van der Waals surface area contributed by atoms with E-state index in [1.807, 2.05) is 12.1 Å². The Bertz CT molecular complexity index is 852. The molecule has 8 heteroatoms. The Kier molecular flexibility index (Phi) is 8.66. The maximum Gasteiger partial charge on any atom is 0.252 e. The molecule has 2 heterocycles. The third kappa shape index (κ3) is 6.42. The van der Waals surface area contributed by atoms with E-state index in [1.165, 1.54) is 18.4 Å². The van der Waals surface area contributed by atoms with Gasteiger partial charge in [0.25, 0.3) is 5.91 Å². The predicted molar refractivity (Wildman–Crippen MR) is 122 cm³/mol. The number of methoxy groups -OCH3 is 1. The molecular formula is C23H32N6O2. The first-order valence-electron chi connectivity index (χ1n) is 10.7. The monoisotopic (exact) mass is 424 g/mol. The molecule has 1 aliphatic rings. The molecule has 0 spiro atoms. The number of guanidine groups is 1. The van der Waals surface area contributed by atoms with Crippen molar-refractivity contribution in [2.24, 2.45) is 4.99 Å². The number of ether oxygens (including phenoxy) is 1. The van der Waals surface area contributed by atoms with E-state index in [2.05, 4.69) is 43.0 Å². The highest BCUT2D eigenvalue weighted by atomic mass is 16.5. The van der Waals surface area contributed by atoms with Gasteiger partial charge in [-0.25, -0.2) is 0 Å². The molecule has 2 aromatic rings. The number of rotatable bonds is 9. The Morgan fingerprint density at radius 3 is 2.61 bits per heavy atom. The zero-order chi connectivity index (χ0) is 21.9. The summed E-state index contributed by atoms with van der Waals surface area (Å²) in [6, 6.07) is 11.9. The molecular weight excluding hydrogens is 392 g/mol. The Balaban J connectivity index is 1.52. The number of hydrogen-bond acceptors (Lipinski definition) is 5. The second-order valence-electron chi connectivity index (χ2n) is 7.38. The zero-order valence-corrected chi connectivity index (χ0v) is 18.3. The second kappa shape index (κ2) is 11.9. The van der Waals surface area contributed by atoms with Gasteiger partial charge in [-0.15, -0.1) is 0 Å². The minimum absolute atomic E-state index is 0.136. The zero-order valence-electron chi connectivity index (χ0n) is 18.3. The van der Waals surface area contributed by atoms with Crippen LogP contribution in [0.3, 0.4) is 0 Å². The number of benzene rings is 1. The van der Waals surface area contributed by atoms with Crippen molar-refractivity contribution in [1.82, 2.24) is 25.8 Å². The van der Waals surface area contributed by atoms with E-state index in [9.17, 15) is 4.79 Å². The number of hydrogen-bond donors (Lipinski definition) is 3. The van der Waals surface area contributed by atoms with Crippen LogP contribution in [0.4, 0.5) is 0 Å². The van der Waals surface area contributed by atoms with Crippen molar-refractivity contribution in [3.63, 3.8) is 0 Å². The summed E-state index contributed by atoms with van der Waals surface area (Å²) in [5.74, 6) is 1.47. The van der Waals surface area contributed by atoms with Crippen LogP contribution in [0, 0.1) is 0 Å². The molecule has 8 nitrogen and oxygen atoms in total. The number of nitrogens with zero attached hydrogens (tertiary/aromatic N) is 3. The molecule has 1 unspecified atom stereocenters. The smallest absolute Gasteiger partial charge is 0.252 e. The van der Waals surface area contributed by atoms with E-state index >= 15 is 0 Å². The minimum atomic E-state index is -0.136. The van der Waals surface area contributed by atoms with E-state index in [0.717, 1.165) is 18.8 Å². The van der Waals surface area contributed by atoms with Crippen LogP contribution in [0.15, 0.2) is 53.8 Å². The highest BCUT2D eigenvalue weighted by Crippen LogP contribution is 2.31. The molecule has 31 heavy (non-hydrogen) atoms. The number of aliphatic imine (C=N–C) groups is 1. The van der Waals surface area contributed by atoms with Gasteiger partial charge in [-0.1, -0.05) is 18.2 Å². The van der Waals surface area contributed by atoms with Gasteiger partial charge in [-0.2, -0.15) is 0 Å². The normalized spacial score (nSPS) is 15.4. The van der Waals surface area contributed by atoms with Crippen LogP contribution in [-0.2, 0) is 0 Å². The van der Waals surface area contributed by atoms with E-state index in [-0.39, 0.29) is 11.9 Å². The Morgan fingerprint density at radius 2 is 1.90 bits per heavy atom. The summed E-state index contributed by atoms with van der Waals surface area (Å²) in [6.45, 7) is 3.92. The summed E-state index contributed by atoms with van der Waals surface area (Å²) < 4.78 is 5.61. The highest BCUT2D eigenvalue weighted by Gasteiger charge is 2.26. The highest BCUT2D eigenvalue weighted by molar-refractivity contribution is 5.93. The topological polar surface area (TPSA) is 90.9 Å². The molecule has 3 N–H and O–H groups in total. The number of likely N-dealkylation sites (tertiary alicyclic amines) is 1. The average molecular weight is 425 g/mol. The maximum absolute atomic E-state index is 12.1. The predicted octanol–water partition coefficient (Wildman–Crippen LogP) is 1.82.